The quantitative estimate of drug-likeness (QED) is 0.311. The van der Waals surface area contributed by atoms with E-state index >= 15 is 0 Å². The van der Waals surface area contributed by atoms with E-state index in [1.54, 1.807) is 20.1 Å². The predicted octanol–water partition coefficient (Wildman–Crippen LogP) is 5.68. The minimum atomic E-state index is -3.98. The van der Waals surface area contributed by atoms with Crippen molar-refractivity contribution in [1.82, 2.24) is 14.5 Å². The number of sulfonamides is 1. The molecule has 4 aliphatic heterocycles. The van der Waals surface area contributed by atoms with Crippen molar-refractivity contribution < 1.29 is 27.4 Å². The molecule has 1 N–H and O–H groups in total. The Labute approximate surface area is 338 Å². The summed E-state index contributed by atoms with van der Waals surface area (Å²) in [5, 5.41) is -0.0689. The molecule has 1 spiro atoms. The highest BCUT2D eigenvalue weighted by Crippen LogP contribution is 2.49. The number of piperazine rings is 1. The zero-order chi connectivity index (χ0) is 39.1. The maximum atomic E-state index is 13.7. The fourth-order valence-electron chi connectivity index (χ4n) is 10.1. The molecule has 12 heteroatoms. The van der Waals surface area contributed by atoms with Gasteiger partial charge in [0, 0.05) is 87.3 Å². The normalized spacial score (nSPS) is 33.9. The Bertz CT molecular complexity index is 2000. The van der Waals surface area contributed by atoms with Crippen LogP contribution in [0.2, 0.25) is 5.02 Å². The van der Waals surface area contributed by atoms with Gasteiger partial charge in [0.25, 0.3) is 5.91 Å². The highest BCUT2D eigenvalue weighted by Gasteiger charge is 2.49. The Hall–Kier alpha value is -3.11. The van der Waals surface area contributed by atoms with Crippen molar-refractivity contribution in [3.05, 3.63) is 70.3 Å². The van der Waals surface area contributed by atoms with Gasteiger partial charge in [0.05, 0.1) is 30.8 Å². The first-order chi connectivity index (χ1) is 27.0. The van der Waals surface area contributed by atoms with Crippen molar-refractivity contribution in [1.29, 1.82) is 0 Å². The van der Waals surface area contributed by atoms with Crippen molar-refractivity contribution in [2.24, 2.45) is 17.8 Å². The lowest BCUT2D eigenvalue weighted by molar-refractivity contribution is -0.0441. The number of nitrogens with zero attached hydrogens (tertiary/aromatic N) is 3. The molecule has 302 valence electrons. The van der Waals surface area contributed by atoms with E-state index in [1.807, 2.05) is 25.1 Å². The van der Waals surface area contributed by atoms with Crippen LogP contribution in [0.4, 0.5) is 5.69 Å². The van der Waals surface area contributed by atoms with E-state index in [4.69, 9.17) is 25.8 Å². The van der Waals surface area contributed by atoms with Gasteiger partial charge in [0.15, 0.2) is 0 Å². The molecule has 10 nitrogen and oxygen atoms in total. The molecule has 1 amide bonds. The van der Waals surface area contributed by atoms with Gasteiger partial charge in [-0.25, -0.2) is 13.1 Å². The largest absolute Gasteiger partial charge is 0.490 e. The van der Waals surface area contributed by atoms with Gasteiger partial charge in [-0.2, -0.15) is 0 Å². The molecule has 3 fully saturated rings. The third-order valence-electron chi connectivity index (χ3n) is 13.8. The summed E-state index contributed by atoms with van der Waals surface area (Å²) in [6.45, 7) is 12.1. The van der Waals surface area contributed by atoms with Crippen molar-refractivity contribution in [2.45, 2.75) is 81.1 Å². The lowest BCUT2D eigenvalue weighted by Crippen LogP contribution is -2.58. The van der Waals surface area contributed by atoms with Crippen LogP contribution in [0, 0.1) is 29.6 Å². The smallest absolute Gasteiger partial charge is 0.264 e. The number of fused-ring (bicyclic) bond motifs is 5. The summed E-state index contributed by atoms with van der Waals surface area (Å²) in [6, 6.07) is 12.0. The molecule has 0 radical (unpaired) electrons. The monoisotopic (exact) mass is 804 g/mol. The van der Waals surface area contributed by atoms with Crippen LogP contribution >= 0.6 is 11.6 Å². The van der Waals surface area contributed by atoms with Crippen LogP contribution in [0.1, 0.15) is 73.9 Å². The molecule has 2 bridgehead atoms. The predicted molar refractivity (Wildman–Crippen MR) is 220 cm³/mol. The molecule has 8 rings (SSSR count). The highest BCUT2D eigenvalue weighted by atomic mass is 35.5. The van der Waals surface area contributed by atoms with Gasteiger partial charge >= 0.3 is 0 Å². The fraction of sp³-hybridized carbons (Fsp3) is 0.614. The van der Waals surface area contributed by atoms with E-state index in [0.717, 1.165) is 102 Å². The number of halogens is 1. The summed E-state index contributed by atoms with van der Waals surface area (Å²) in [7, 11) is -2.21. The van der Waals surface area contributed by atoms with Crippen LogP contribution in [-0.4, -0.2) is 114 Å². The van der Waals surface area contributed by atoms with E-state index in [0.29, 0.717) is 36.9 Å². The standard InChI is InChI=1S/C44H57ClN4O6S/c1-31-8-6-18-44(53-3,17-4-5-19-47-20-21-48-22-23-54-28-37(48)27-47)39-13-10-35(39)26-49-29-43(16-7-9-33-24-36(45)12-14-38(33)43)30-55-41-15-11-34(25-40(41)49)42(50)46-56(51,52)32(31)2/h6,11-12,14-15,18,24-25,31-32,35,37,39H,5,7-10,13,16,19-23,26-30H2,1-3H3,(H,46,50)/b18-6+/t31-,32+,35-,37-,39+,43?,44-/m0/s1. The van der Waals surface area contributed by atoms with E-state index < -0.39 is 26.8 Å². The van der Waals surface area contributed by atoms with E-state index in [2.05, 4.69) is 55.5 Å². The van der Waals surface area contributed by atoms with Gasteiger partial charge in [-0.15, -0.1) is 0 Å². The zero-order valence-corrected chi connectivity index (χ0v) is 34.7. The molecule has 56 heavy (non-hydrogen) atoms. The first-order valence-electron chi connectivity index (χ1n) is 20.6. The maximum Gasteiger partial charge on any atom is 0.264 e. The number of hydrogen-bond acceptors (Lipinski definition) is 9. The molecular formula is C44H57ClN4O6S. The fourth-order valence-corrected chi connectivity index (χ4v) is 11.6. The summed E-state index contributed by atoms with van der Waals surface area (Å²) >= 11 is 6.51. The van der Waals surface area contributed by atoms with Crippen molar-refractivity contribution in [2.75, 3.05) is 77.6 Å². The summed E-state index contributed by atoms with van der Waals surface area (Å²) in [5.74, 6) is 7.41. The zero-order valence-electron chi connectivity index (χ0n) is 33.1. The topological polar surface area (TPSA) is 101 Å². The molecule has 2 aromatic carbocycles. The second kappa shape index (κ2) is 16.3. The maximum absolute atomic E-state index is 13.7. The Morgan fingerprint density at radius 1 is 1.09 bits per heavy atom. The number of allylic oxidation sites excluding steroid dienone is 1. The number of anilines is 1. The second-order valence-electron chi connectivity index (χ2n) is 17.1. The third kappa shape index (κ3) is 7.87. The average molecular weight is 805 g/mol. The first-order valence-corrected chi connectivity index (χ1v) is 22.6. The lowest BCUT2D eigenvalue weighted by Gasteiger charge is -2.48. The van der Waals surface area contributed by atoms with Gasteiger partial charge in [0.2, 0.25) is 10.0 Å². The molecule has 2 aliphatic carbocycles. The minimum absolute atomic E-state index is 0.121. The van der Waals surface area contributed by atoms with Gasteiger partial charge in [-0.3, -0.25) is 14.6 Å². The number of methoxy groups -OCH3 is 1. The SMILES string of the molecule is CO[C@@]1(C#CCCN2CCN3CCOC[C@@H]3C2)/C=C/C[C@H](C)[C@@H](C)S(=O)(=O)NC(=O)c2ccc3c(c2)N(C[C@@H]2CC[C@H]21)CC1(CCCc2cc(Cl)ccc21)CO3. The molecule has 1 unspecified atom stereocenters. The number of amides is 1. The number of hydrogen-bond donors (Lipinski definition) is 1. The van der Waals surface area contributed by atoms with Crippen LogP contribution in [0.25, 0.3) is 0 Å². The van der Waals surface area contributed by atoms with Crippen molar-refractivity contribution in [3.8, 4) is 17.6 Å². The highest BCUT2D eigenvalue weighted by molar-refractivity contribution is 7.90. The Morgan fingerprint density at radius 3 is 2.79 bits per heavy atom. The van der Waals surface area contributed by atoms with Gasteiger partial charge in [0.1, 0.15) is 11.4 Å². The molecule has 2 saturated heterocycles. The number of nitrogens with one attached hydrogen (secondary N) is 1. The summed E-state index contributed by atoms with van der Waals surface area (Å²) in [4.78, 5) is 21.1. The van der Waals surface area contributed by atoms with Crippen LogP contribution in [0.5, 0.6) is 5.75 Å². The Kier molecular flexibility index (Phi) is 11.5. The molecule has 2 aromatic rings. The number of aryl methyl sites for hydroxylation is 1. The Balaban J connectivity index is 1.13. The summed E-state index contributed by atoms with van der Waals surface area (Å²) in [5.41, 5.74) is 2.50. The number of benzene rings is 2. The minimum Gasteiger partial charge on any atom is -0.490 e. The molecular weight excluding hydrogens is 748 g/mol. The first kappa shape index (κ1) is 39.7. The lowest BCUT2D eigenvalue weighted by atomic mass is 9.64. The van der Waals surface area contributed by atoms with Crippen LogP contribution in [0.3, 0.4) is 0 Å². The van der Waals surface area contributed by atoms with E-state index in [9.17, 15) is 13.2 Å². The molecule has 0 aromatic heterocycles. The molecule has 4 heterocycles. The van der Waals surface area contributed by atoms with Crippen molar-refractivity contribution in [3.63, 3.8) is 0 Å². The second-order valence-corrected chi connectivity index (χ2v) is 19.6. The molecule has 6 aliphatic rings. The van der Waals surface area contributed by atoms with Crippen LogP contribution in [0.15, 0.2) is 48.6 Å². The molecule has 1 saturated carbocycles. The number of carbonyl (C=O) groups excluding carboxylic acids is 1. The van der Waals surface area contributed by atoms with Gasteiger partial charge < -0.3 is 19.1 Å². The number of carbonyl (C=O) groups is 1. The number of ether oxygens (including phenoxy) is 3. The van der Waals surface area contributed by atoms with Gasteiger partial charge in [-0.05, 0) is 105 Å². The van der Waals surface area contributed by atoms with Gasteiger partial charge in [-0.1, -0.05) is 42.5 Å². The average Bonchev–Trinajstić information content (AvgIpc) is 3.33. The van der Waals surface area contributed by atoms with Crippen LogP contribution in [-0.2, 0) is 31.3 Å². The molecule has 7 atom stereocenters. The van der Waals surface area contributed by atoms with Crippen molar-refractivity contribution >= 4 is 33.2 Å². The van der Waals surface area contributed by atoms with E-state index in [1.165, 1.54) is 11.1 Å². The number of rotatable bonds is 3. The van der Waals surface area contributed by atoms with Crippen LogP contribution < -0.4 is 14.4 Å². The Morgan fingerprint density at radius 2 is 1.96 bits per heavy atom. The van der Waals surface area contributed by atoms with E-state index in [-0.39, 0.29) is 23.2 Å². The number of morpholine rings is 1. The summed E-state index contributed by atoms with van der Waals surface area (Å²) < 4.78 is 48.6. The summed E-state index contributed by atoms with van der Waals surface area (Å²) in [6.07, 6.45) is 10.3. The third-order valence-corrected chi connectivity index (χ3v) is 16.0.